The summed E-state index contributed by atoms with van der Waals surface area (Å²) in [7, 11) is 2.01. The first-order valence-corrected chi connectivity index (χ1v) is 6.38. The summed E-state index contributed by atoms with van der Waals surface area (Å²) >= 11 is 1.73. The predicted molar refractivity (Wildman–Crippen MR) is 70.8 cm³/mol. The van der Waals surface area contributed by atoms with E-state index in [1.165, 1.54) is 4.88 Å². The summed E-state index contributed by atoms with van der Waals surface area (Å²) in [5, 5.41) is 5.53. The zero-order chi connectivity index (χ0) is 12.1. The maximum absolute atomic E-state index is 5.27. The van der Waals surface area contributed by atoms with Gasteiger partial charge in [-0.3, -0.25) is 0 Å². The number of rotatable bonds is 5. The first kappa shape index (κ1) is 11.9. The molecule has 4 heteroatoms. The predicted octanol–water partition coefficient (Wildman–Crippen LogP) is 2.18. The highest BCUT2D eigenvalue weighted by atomic mass is 32.1. The van der Waals surface area contributed by atoms with Crippen molar-refractivity contribution in [3.8, 4) is 12.3 Å². The minimum absolute atomic E-state index is 0.128. The molecule has 2 aromatic heterocycles. The Balaban J connectivity index is 2.20. The van der Waals surface area contributed by atoms with E-state index in [1.54, 1.807) is 11.3 Å². The molecule has 17 heavy (non-hydrogen) atoms. The van der Waals surface area contributed by atoms with Crippen LogP contribution in [0.2, 0.25) is 0 Å². The van der Waals surface area contributed by atoms with Crippen LogP contribution in [-0.4, -0.2) is 16.1 Å². The third-order valence-corrected chi connectivity index (χ3v) is 3.50. The highest BCUT2D eigenvalue weighted by Crippen LogP contribution is 2.24. The molecule has 1 unspecified atom stereocenters. The van der Waals surface area contributed by atoms with Gasteiger partial charge in [0.05, 0.1) is 0 Å². The number of aryl methyl sites for hydroxylation is 1. The Morgan fingerprint density at radius 1 is 1.65 bits per heavy atom. The zero-order valence-corrected chi connectivity index (χ0v) is 10.6. The van der Waals surface area contributed by atoms with Crippen molar-refractivity contribution in [2.75, 3.05) is 6.54 Å². The fourth-order valence-electron chi connectivity index (χ4n) is 1.72. The topological polar surface area (TPSA) is 29.9 Å². The summed E-state index contributed by atoms with van der Waals surface area (Å²) in [5.74, 6) is 3.66. The van der Waals surface area contributed by atoms with Crippen molar-refractivity contribution in [3.05, 3.63) is 40.6 Å². The monoisotopic (exact) mass is 245 g/mol. The number of thiophene rings is 1. The van der Waals surface area contributed by atoms with Crippen LogP contribution in [0.4, 0.5) is 0 Å². The molecule has 3 nitrogen and oxygen atoms in total. The van der Waals surface area contributed by atoms with E-state index in [0.717, 1.165) is 18.8 Å². The van der Waals surface area contributed by atoms with Gasteiger partial charge in [-0.2, -0.15) is 0 Å². The van der Waals surface area contributed by atoms with Crippen LogP contribution >= 0.6 is 11.3 Å². The lowest BCUT2D eigenvalue weighted by Crippen LogP contribution is -2.25. The van der Waals surface area contributed by atoms with Crippen LogP contribution in [0, 0.1) is 12.3 Å². The van der Waals surface area contributed by atoms with Gasteiger partial charge >= 0.3 is 0 Å². The van der Waals surface area contributed by atoms with Crippen molar-refractivity contribution in [1.82, 2.24) is 14.9 Å². The lowest BCUT2D eigenvalue weighted by atomic mass is 10.2. The first-order valence-electron chi connectivity index (χ1n) is 5.50. The number of hydrogen-bond acceptors (Lipinski definition) is 3. The maximum Gasteiger partial charge on any atom is 0.131 e. The molecule has 2 heterocycles. The smallest absolute Gasteiger partial charge is 0.131 e. The highest BCUT2D eigenvalue weighted by Gasteiger charge is 2.18. The molecule has 0 saturated heterocycles. The van der Waals surface area contributed by atoms with Gasteiger partial charge in [-0.15, -0.1) is 23.7 Å². The molecular weight excluding hydrogens is 230 g/mol. The Labute approximate surface area is 106 Å². The van der Waals surface area contributed by atoms with Crippen molar-refractivity contribution in [2.45, 2.75) is 12.5 Å². The van der Waals surface area contributed by atoms with Crippen molar-refractivity contribution in [2.24, 2.45) is 7.05 Å². The van der Waals surface area contributed by atoms with Gasteiger partial charge in [0.15, 0.2) is 0 Å². The average Bonchev–Trinajstić information content (AvgIpc) is 2.96. The number of terminal acetylenes is 1. The first-order chi connectivity index (χ1) is 8.33. The Kier molecular flexibility index (Phi) is 3.97. The van der Waals surface area contributed by atoms with Gasteiger partial charge < -0.3 is 9.88 Å². The van der Waals surface area contributed by atoms with E-state index >= 15 is 0 Å². The molecule has 0 aliphatic carbocycles. The molecule has 2 rings (SSSR count). The van der Waals surface area contributed by atoms with E-state index in [0.29, 0.717) is 0 Å². The van der Waals surface area contributed by atoms with Crippen LogP contribution in [0.3, 0.4) is 0 Å². The van der Waals surface area contributed by atoms with Gasteiger partial charge in [-0.25, -0.2) is 4.98 Å². The summed E-state index contributed by atoms with van der Waals surface area (Å²) in [4.78, 5) is 5.67. The SMILES string of the molecule is C#CCCNC(c1cccs1)c1nccn1C. The Morgan fingerprint density at radius 3 is 3.12 bits per heavy atom. The van der Waals surface area contributed by atoms with Gasteiger partial charge in [0, 0.05) is 37.3 Å². The molecule has 0 saturated carbocycles. The molecule has 1 N–H and O–H groups in total. The molecule has 0 amide bonds. The second-order valence-electron chi connectivity index (χ2n) is 3.75. The second kappa shape index (κ2) is 5.67. The Hall–Kier alpha value is -1.57. The largest absolute Gasteiger partial charge is 0.336 e. The van der Waals surface area contributed by atoms with Gasteiger partial charge in [0.2, 0.25) is 0 Å². The maximum atomic E-state index is 5.27. The molecule has 2 aromatic rings. The number of nitrogens with one attached hydrogen (secondary N) is 1. The van der Waals surface area contributed by atoms with Crippen LogP contribution in [0.25, 0.3) is 0 Å². The average molecular weight is 245 g/mol. The molecule has 1 atom stereocenters. The summed E-state index contributed by atoms with van der Waals surface area (Å²) in [6, 6.07) is 4.30. The molecule has 0 fully saturated rings. The fourth-order valence-corrected chi connectivity index (χ4v) is 2.51. The number of hydrogen-bond donors (Lipinski definition) is 1. The Morgan fingerprint density at radius 2 is 2.53 bits per heavy atom. The van der Waals surface area contributed by atoms with E-state index < -0.39 is 0 Å². The van der Waals surface area contributed by atoms with E-state index in [9.17, 15) is 0 Å². The van der Waals surface area contributed by atoms with E-state index in [1.807, 2.05) is 24.0 Å². The van der Waals surface area contributed by atoms with Crippen LogP contribution < -0.4 is 5.32 Å². The third-order valence-electron chi connectivity index (χ3n) is 2.56. The summed E-state index contributed by atoms with van der Waals surface area (Å²) in [6.07, 6.45) is 9.78. The van der Waals surface area contributed by atoms with Gasteiger partial charge in [-0.1, -0.05) is 6.07 Å². The van der Waals surface area contributed by atoms with Crippen LogP contribution in [0.5, 0.6) is 0 Å². The van der Waals surface area contributed by atoms with Crippen molar-refractivity contribution in [3.63, 3.8) is 0 Å². The number of aromatic nitrogens is 2. The number of imidazole rings is 1. The summed E-state index contributed by atoms with van der Waals surface area (Å²) in [6.45, 7) is 0.798. The van der Waals surface area contributed by atoms with Crippen molar-refractivity contribution < 1.29 is 0 Å². The van der Waals surface area contributed by atoms with Crippen molar-refractivity contribution >= 4 is 11.3 Å². The number of nitrogens with zero attached hydrogens (tertiary/aromatic N) is 2. The fraction of sp³-hybridized carbons (Fsp3) is 0.308. The van der Waals surface area contributed by atoms with Crippen molar-refractivity contribution in [1.29, 1.82) is 0 Å². The minimum atomic E-state index is 0.128. The lowest BCUT2D eigenvalue weighted by Gasteiger charge is -2.16. The van der Waals surface area contributed by atoms with Crippen LogP contribution in [0.1, 0.15) is 23.2 Å². The molecule has 88 valence electrons. The normalized spacial score (nSPS) is 12.2. The standard InChI is InChI=1S/C13H15N3S/c1-3-4-7-14-12(11-6-5-10-17-11)13-15-8-9-16(13)2/h1,5-6,8-10,12,14H,4,7H2,2H3. The lowest BCUT2D eigenvalue weighted by molar-refractivity contribution is 0.573. The zero-order valence-electron chi connectivity index (χ0n) is 9.76. The van der Waals surface area contributed by atoms with Gasteiger partial charge in [0.25, 0.3) is 0 Å². The summed E-state index contributed by atoms with van der Waals surface area (Å²) in [5.41, 5.74) is 0. The molecule has 0 aliphatic heterocycles. The molecule has 0 bridgehead atoms. The van der Waals surface area contributed by atoms with E-state index in [4.69, 9.17) is 6.42 Å². The molecule has 0 aliphatic rings. The quantitative estimate of drug-likeness (QED) is 0.646. The second-order valence-corrected chi connectivity index (χ2v) is 4.73. The molecule has 0 radical (unpaired) electrons. The van der Waals surface area contributed by atoms with Crippen LogP contribution in [0.15, 0.2) is 29.9 Å². The Bertz CT molecular complexity index is 493. The molecular formula is C13H15N3S. The van der Waals surface area contributed by atoms with E-state index in [-0.39, 0.29) is 6.04 Å². The molecule has 0 spiro atoms. The van der Waals surface area contributed by atoms with Crippen LogP contribution in [-0.2, 0) is 7.05 Å². The third kappa shape index (κ3) is 2.76. The van der Waals surface area contributed by atoms with E-state index in [2.05, 4.69) is 33.7 Å². The summed E-state index contributed by atoms with van der Waals surface area (Å²) < 4.78 is 2.03. The van der Waals surface area contributed by atoms with Gasteiger partial charge in [0.1, 0.15) is 11.9 Å². The highest BCUT2D eigenvalue weighted by molar-refractivity contribution is 7.10. The molecule has 0 aromatic carbocycles. The van der Waals surface area contributed by atoms with Gasteiger partial charge in [-0.05, 0) is 11.4 Å². The minimum Gasteiger partial charge on any atom is -0.336 e.